The summed E-state index contributed by atoms with van der Waals surface area (Å²) in [4.78, 5) is 12.9. The average molecular weight is 257 g/mol. The molecule has 0 unspecified atom stereocenters. The molecule has 2 rings (SSSR count). The molecule has 0 aliphatic heterocycles. The van der Waals surface area contributed by atoms with Crippen molar-refractivity contribution in [1.82, 2.24) is 15.0 Å². The number of anilines is 2. The van der Waals surface area contributed by atoms with Gasteiger partial charge in [-0.25, -0.2) is 4.98 Å². The molecule has 0 fully saturated rings. The molecule has 0 saturated carbocycles. The third kappa shape index (κ3) is 3.64. The van der Waals surface area contributed by atoms with E-state index in [1.807, 2.05) is 25.3 Å². The Morgan fingerprint density at radius 3 is 2.74 bits per heavy atom. The molecule has 0 aliphatic rings. The smallest absolute Gasteiger partial charge is 0.224 e. The summed E-state index contributed by atoms with van der Waals surface area (Å²) in [6, 6.07) is 5.93. The van der Waals surface area contributed by atoms with Crippen LogP contribution in [0.4, 0.5) is 11.8 Å². The van der Waals surface area contributed by atoms with Gasteiger partial charge in [0.25, 0.3) is 0 Å². The van der Waals surface area contributed by atoms with Crippen LogP contribution in [0.15, 0.2) is 30.6 Å². The van der Waals surface area contributed by atoms with Crippen molar-refractivity contribution in [2.24, 2.45) is 0 Å². The molecule has 2 heterocycles. The van der Waals surface area contributed by atoms with Gasteiger partial charge >= 0.3 is 0 Å². The van der Waals surface area contributed by atoms with E-state index in [1.165, 1.54) is 5.56 Å². The number of hydrogen-bond donors (Lipinski definition) is 2. The van der Waals surface area contributed by atoms with Gasteiger partial charge in [-0.05, 0) is 31.0 Å². The first kappa shape index (κ1) is 13.3. The van der Waals surface area contributed by atoms with Crippen LogP contribution in [0.25, 0.3) is 0 Å². The van der Waals surface area contributed by atoms with E-state index in [9.17, 15) is 0 Å². The first-order valence-electron chi connectivity index (χ1n) is 6.57. The molecular formula is C14H19N5. The minimum absolute atomic E-state index is 0.643. The van der Waals surface area contributed by atoms with E-state index >= 15 is 0 Å². The highest BCUT2D eigenvalue weighted by Crippen LogP contribution is 2.10. The molecule has 2 N–H and O–H groups in total. The molecule has 0 atom stereocenters. The SMILES string of the molecule is CCNc1nccc(NCc2ncccc2CC)n1. The maximum atomic E-state index is 4.40. The van der Waals surface area contributed by atoms with E-state index in [0.717, 1.165) is 24.5 Å². The predicted octanol–water partition coefficient (Wildman–Crippen LogP) is 2.48. The maximum Gasteiger partial charge on any atom is 0.224 e. The van der Waals surface area contributed by atoms with Gasteiger partial charge in [0.15, 0.2) is 0 Å². The molecular weight excluding hydrogens is 238 g/mol. The Balaban J connectivity index is 2.03. The van der Waals surface area contributed by atoms with Gasteiger partial charge in [-0.3, -0.25) is 4.98 Å². The number of nitrogens with zero attached hydrogens (tertiary/aromatic N) is 3. The third-order valence-electron chi connectivity index (χ3n) is 2.79. The van der Waals surface area contributed by atoms with Gasteiger partial charge in [0, 0.05) is 18.9 Å². The molecule has 0 bridgehead atoms. The van der Waals surface area contributed by atoms with Crippen molar-refractivity contribution in [2.75, 3.05) is 17.2 Å². The summed E-state index contributed by atoms with van der Waals surface area (Å²) in [5.74, 6) is 1.45. The zero-order valence-corrected chi connectivity index (χ0v) is 11.3. The summed E-state index contributed by atoms with van der Waals surface area (Å²) in [7, 11) is 0. The van der Waals surface area contributed by atoms with Crippen molar-refractivity contribution in [3.63, 3.8) is 0 Å². The fourth-order valence-electron chi connectivity index (χ4n) is 1.83. The quantitative estimate of drug-likeness (QED) is 0.832. The van der Waals surface area contributed by atoms with E-state index in [0.29, 0.717) is 12.5 Å². The van der Waals surface area contributed by atoms with Gasteiger partial charge in [0.05, 0.1) is 12.2 Å². The monoisotopic (exact) mass is 257 g/mol. The van der Waals surface area contributed by atoms with Crippen LogP contribution in [0.1, 0.15) is 25.1 Å². The van der Waals surface area contributed by atoms with Gasteiger partial charge in [0.1, 0.15) is 5.82 Å². The summed E-state index contributed by atoms with van der Waals surface area (Å²) in [5.41, 5.74) is 2.32. The van der Waals surface area contributed by atoms with Gasteiger partial charge in [0.2, 0.25) is 5.95 Å². The Morgan fingerprint density at radius 1 is 1.05 bits per heavy atom. The molecule has 19 heavy (non-hydrogen) atoms. The lowest BCUT2D eigenvalue weighted by molar-refractivity contribution is 0.960. The Bertz CT molecular complexity index is 527. The molecule has 0 saturated heterocycles. The van der Waals surface area contributed by atoms with Crippen molar-refractivity contribution in [3.05, 3.63) is 41.9 Å². The van der Waals surface area contributed by atoms with E-state index in [-0.39, 0.29) is 0 Å². The molecule has 0 spiro atoms. The average Bonchev–Trinajstić information content (AvgIpc) is 2.46. The van der Waals surface area contributed by atoms with E-state index < -0.39 is 0 Å². The lowest BCUT2D eigenvalue weighted by atomic mass is 10.1. The van der Waals surface area contributed by atoms with Crippen molar-refractivity contribution in [2.45, 2.75) is 26.8 Å². The molecule has 0 aromatic carbocycles. The Morgan fingerprint density at radius 2 is 1.95 bits per heavy atom. The van der Waals surface area contributed by atoms with Crippen molar-refractivity contribution >= 4 is 11.8 Å². The van der Waals surface area contributed by atoms with Crippen LogP contribution < -0.4 is 10.6 Å². The summed E-state index contributed by atoms with van der Waals surface area (Å²) in [6.45, 7) is 5.63. The topological polar surface area (TPSA) is 62.7 Å². The van der Waals surface area contributed by atoms with Crippen LogP contribution in [0.5, 0.6) is 0 Å². The molecule has 2 aromatic rings. The lowest BCUT2D eigenvalue weighted by Gasteiger charge is -2.09. The highest BCUT2D eigenvalue weighted by atomic mass is 15.1. The van der Waals surface area contributed by atoms with Crippen LogP contribution in [0.2, 0.25) is 0 Å². The molecule has 0 radical (unpaired) electrons. The van der Waals surface area contributed by atoms with E-state index in [4.69, 9.17) is 0 Å². The zero-order chi connectivity index (χ0) is 13.5. The fraction of sp³-hybridized carbons (Fsp3) is 0.357. The highest BCUT2D eigenvalue weighted by Gasteiger charge is 2.02. The molecule has 2 aromatic heterocycles. The summed E-state index contributed by atoms with van der Waals surface area (Å²) in [6.07, 6.45) is 4.55. The molecule has 5 heteroatoms. The zero-order valence-electron chi connectivity index (χ0n) is 11.3. The van der Waals surface area contributed by atoms with Crippen LogP contribution in [-0.4, -0.2) is 21.5 Å². The van der Waals surface area contributed by atoms with Gasteiger partial charge in [-0.1, -0.05) is 13.0 Å². The second kappa shape index (κ2) is 6.68. The summed E-state index contributed by atoms with van der Waals surface area (Å²) in [5, 5.41) is 6.37. The molecule has 5 nitrogen and oxygen atoms in total. The van der Waals surface area contributed by atoms with E-state index in [2.05, 4.69) is 38.6 Å². The molecule has 100 valence electrons. The van der Waals surface area contributed by atoms with Crippen molar-refractivity contribution in [3.8, 4) is 0 Å². The van der Waals surface area contributed by atoms with Gasteiger partial charge in [-0.15, -0.1) is 0 Å². The predicted molar refractivity (Wildman–Crippen MR) is 77.1 cm³/mol. The van der Waals surface area contributed by atoms with Crippen LogP contribution >= 0.6 is 0 Å². The minimum Gasteiger partial charge on any atom is -0.364 e. The maximum absolute atomic E-state index is 4.40. The van der Waals surface area contributed by atoms with Crippen molar-refractivity contribution in [1.29, 1.82) is 0 Å². The summed E-state index contributed by atoms with van der Waals surface area (Å²) < 4.78 is 0. The number of nitrogens with one attached hydrogen (secondary N) is 2. The Hall–Kier alpha value is -2.17. The van der Waals surface area contributed by atoms with Gasteiger partial charge < -0.3 is 10.6 Å². The van der Waals surface area contributed by atoms with E-state index in [1.54, 1.807) is 6.20 Å². The molecule has 0 amide bonds. The van der Waals surface area contributed by atoms with Crippen LogP contribution in [0, 0.1) is 0 Å². The largest absolute Gasteiger partial charge is 0.364 e. The number of hydrogen-bond acceptors (Lipinski definition) is 5. The minimum atomic E-state index is 0.643. The fourth-order valence-corrected chi connectivity index (χ4v) is 1.83. The Kier molecular flexibility index (Phi) is 4.66. The normalized spacial score (nSPS) is 10.2. The Labute approximate surface area is 113 Å². The first-order valence-corrected chi connectivity index (χ1v) is 6.57. The third-order valence-corrected chi connectivity index (χ3v) is 2.79. The van der Waals surface area contributed by atoms with Crippen molar-refractivity contribution < 1.29 is 0 Å². The van der Waals surface area contributed by atoms with Crippen LogP contribution in [-0.2, 0) is 13.0 Å². The highest BCUT2D eigenvalue weighted by molar-refractivity contribution is 5.40. The number of aromatic nitrogens is 3. The van der Waals surface area contributed by atoms with Gasteiger partial charge in [-0.2, -0.15) is 4.98 Å². The number of rotatable bonds is 6. The second-order valence-corrected chi connectivity index (χ2v) is 4.11. The number of pyridine rings is 1. The van der Waals surface area contributed by atoms with Crippen LogP contribution in [0.3, 0.4) is 0 Å². The lowest BCUT2D eigenvalue weighted by Crippen LogP contribution is -2.08. The molecule has 0 aliphatic carbocycles. The first-order chi connectivity index (χ1) is 9.33. The number of aryl methyl sites for hydroxylation is 1. The standard InChI is InChI=1S/C14H19N5/c1-3-11-6-5-8-16-12(11)10-18-13-7-9-17-14(19-13)15-4-2/h5-9H,3-4,10H2,1-2H3,(H2,15,17,18,19). The second-order valence-electron chi connectivity index (χ2n) is 4.11. The summed E-state index contributed by atoms with van der Waals surface area (Å²) >= 11 is 0.